The number of likely N-dealkylation sites (tertiary alicyclic amines) is 1. The molecule has 2 aromatic carbocycles. The second-order valence-electron chi connectivity index (χ2n) is 12.6. The van der Waals surface area contributed by atoms with Gasteiger partial charge in [0.05, 0.1) is 11.8 Å². The molecule has 4 unspecified atom stereocenters. The first-order valence-corrected chi connectivity index (χ1v) is 15.4. The van der Waals surface area contributed by atoms with Crippen LogP contribution in [0, 0.1) is 17.8 Å². The van der Waals surface area contributed by atoms with Gasteiger partial charge in [-0.05, 0) is 56.2 Å². The third-order valence-electron chi connectivity index (χ3n) is 10.1. The predicted octanol–water partition coefficient (Wildman–Crippen LogP) is 5.73. The van der Waals surface area contributed by atoms with Crippen molar-refractivity contribution in [3.8, 4) is 11.5 Å². The van der Waals surface area contributed by atoms with Crippen LogP contribution >= 0.6 is 0 Å². The minimum Gasteiger partial charge on any atom is -0.507 e. The van der Waals surface area contributed by atoms with Gasteiger partial charge in [-0.1, -0.05) is 67.3 Å². The molecule has 0 radical (unpaired) electrons. The smallest absolute Gasteiger partial charge is 0.233 e. The minimum atomic E-state index is -0.690. The number of phenolic OH excluding ortho intramolecular Hbond substituents is 1. The van der Waals surface area contributed by atoms with Crippen LogP contribution < -0.4 is 4.74 Å². The fourth-order valence-electron chi connectivity index (χ4n) is 8.06. The standard InChI is InChI=1S/C36H35NO6/c1-20-16-30(39)33-28(34(20)40)18-27-24(14-15-26-32(27)36(42)37(35(26)41)22-10-6-3-7-11-22)31(33)25-13-12-23(17-29(25)38)43-19-21-8-4-2-5-9-21/h2,4-5,8-9,12-14,16-17,22,26-27,31-32,38H,3,6-7,10-11,15,18-19H2,1H3. The van der Waals surface area contributed by atoms with Crippen LogP contribution in [0.2, 0.25) is 0 Å². The fraction of sp³-hybridized carbons (Fsp3) is 0.389. The SMILES string of the molecule is CC1=CC(=O)C2=C(CC3C(=CCC4C(=O)N(C5CCCCC5)C(=O)C43)C2c2ccc(OCc3ccccc3)cc2O)C1=O. The van der Waals surface area contributed by atoms with Gasteiger partial charge in [0.1, 0.15) is 18.1 Å². The maximum atomic E-state index is 14.1. The average Bonchev–Trinajstić information content (AvgIpc) is 3.28. The van der Waals surface area contributed by atoms with E-state index in [1.54, 1.807) is 30.0 Å². The highest BCUT2D eigenvalue weighted by Gasteiger charge is 2.57. The van der Waals surface area contributed by atoms with Crippen molar-refractivity contribution in [1.29, 1.82) is 0 Å². The van der Waals surface area contributed by atoms with E-state index in [9.17, 15) is 24.3 Å². The van der Waals surface area contributed by atoms with Crippen molar-refractivity contribution in [3.05, 3.63) is 94.1 Å². The van der Waals surface area contributed by atoms with E-state index in [1.807, 2.05) is 36.4 Å². The van der Waals surface area contributed by atoms with Crippen LogP contribution in [0.1, 0.15) is 68.9 Å². The number of ether oxygens (including phenoxy) is 1. The summed E-state index contributed by atoms with van der Waals surface area (Å²) in [5.41, 5.74) is 3.46. The first kappa shape index (κ1) is 27.6. The third-order valence-corrected chi connectivity index (χ3v) is 10.1. The zero-order valence-electron chi connectivity index (χ0n) is 24.3. The van der Waals surface area contributed by atoms with Crippen molar-refractivity contribution in [2.24, 2.45) is 17.8 Å². The van der Waals surface area contributed by atoms with Crippen LogP contribution in [0.5, 0.6) is 11.5 Å². The highest BCUT2D eigenvalue weighted by atomic mass is 16.5. The molecule has 2 fully saturated rings. The number of carbonyl (C=O) groups excluding carboxylic acids is 4. The molecule has 2 aromatic rings. The molecule has 4 aliphatic carbocycles. The van der Waals surface area contributed by atoms with Gasteiger partial charge in [-0.25, -0.2) is 0 Å². The summed E-state index contributed by atoms with van der Waals surface area (Å²) in [5.74, 6) is -2.39. The minimum absolute atomic E-state index is 0.0460. The second-order valence-corrected chi connectivity index (χ2v) is 12.6. The van der Waals surface area contributed by atoms with E-state index in [0.29, 0.717) is 41.1 Å². The Morgan fingerprint density at radius 3 is 2.44 bits per heavy atom. The molecule has 43 heavy (non-hydrogen) atoms. The molecule has 7 nitrogen and oxygen atoms in total. The molecular formula is C36H35NO6. The van der Waals surface area contributed by atoms with E-state index in [2.05, 4.69) is 0 Å². The summed E-state index contributed by atoms with van der Waals surface area (Å²) >= 11 is 0. The molecule has 1 heterocycles. The van der Waals surface area contributed by atoms with Crippen LogP contribution in [0.15, 0.2) is 83.0 Å². The summed E-state index contributed by atoms with van der Waals surface area (Å²) in [4.78, 5) is 56.3. The van der Waals surface area contributed by atoms with Crippen LogP contribution in [-0.2, 0) is 25.8 Å². The Labute approximate surface area is 250 Å². The molecule has 7 heteroatoms. The Morgan fingerprint density at radius 2 is 1.70 bits per heavy atom. The number of aromatic hydroxyl groups is 1. The monoisotopic (exact) mass is 577 g/mol. The van der Waals surface area contributed by atoms with Crippen LogP contribution in [0.25, 0.3) is 0 Å². The highest BCUT2D eigenvalue weighted by molar-refractivity contribution is 6.23. The van der Waals surface area contributed by atoms with Gasteiger partial charge in [-0.3, -0.25) is 24.1 Å². The number of benzene rings is 2. The van der Waals surface area contributed by atoms with Crippen LogP contribution in [0.4, 0.5) is 0 Å². The Bertz CT molecular complexity index is 1630. The number of hydrogen-bond acceptors (Lipinski definition) is 6. The number of imide groups is 1. The van der Waals surface area contributed by atoms with Crippen molar-refractivity contribution in [2.75, 3.05) is 0 Å². The molecule has 0 aromatic heterocycles. The summed E-state index contributed by atoms with van der Waals surface area (Å²) in [6.07, 6.45) is 8.83. The Balaban J connectivity index is 1.26. The fourth-order valence-corrected chi connectivity index (χ4v) is 8.06. The van der Waals surface area contributed by atoms with E-state index in [-0.39, 0.29) is 41.6 Å². The molecule has 1 saturated carbocycles. The summed E-state index contributed by atoms with van der Waals surface area (Å²) in [6, 6.07) is 14.7. The van der Waals surface area contributed by atoms with Gasteiger partial charge in [-0.2, -0.15) is 0 Å². The van der Waals surface area contributed by atoms with Gasteiger partial charge >= 0.3 is 0 Å². The number of fused-ring (bicyclic) bond motifs is 3. The summed E-state index contributed by atoms with van der Waals surface area (Å²) in [5, 5.41) is 11.3. The summed E-state index contributed by atoms with van der Waals surface area (Å²) in [6.45, 7) is 1.97. The molecule has 1 aliphatic heterocycles. The highest BCUT2D eigenvalue weighted by Crippen LogP contribution is 2.56. The van der Waals surface area contributed by atoms with Gasteiger partial charge in [0.25, 0.3) is 0 Å². The van der Waals surface area contributed by atoms with Gasteiger partial charge in [0.2, 0.25) is 11.8 Å². The quantitative estimate of drug-likeness (QED) is 0.277. The van der Waals surface area contributed by atoms with E-state index < -0.39 is 23.7 Å². The number of nitrogens with zero attached hydrogens (tertiary/aromatic N) is 1. The molecule has 2 amide bonds. The molecule has 5 aliphatic rings. The maximum Gasteiger partial charge on any atom is 0.233 e. The van der Waals surface area contributed by atoms with E-state index in [4.69, 9.17) is 4.74 Å². The van der Waals surface area contributed by atoms with Crippen LogP contribution in [-0.4, -0.2) is 39.4 Å². The van der Waals surface area contributed by atoms with E-state index in [0.717, 1.165) is 43.2 Å². The van der Waals surface area contributed by atoms with Gasteiger partial charge in [0.15, 0.2) is 11.6 Å². The lowest BCUT2D eigenvalue weighted by atomic mass is 9.59. The lowest BCUT2D eigenvalue weighted by Crippen LogP contribution is -2.43. The number of rotatable bonds is 5. The Morgan fingerprint density at radius 1 is 0.930 bits per heavy atom. The molecule has 1 N–H and O–H groups in total. The third kappa shape index (κ3) is 4.57. The van der Waals surface area contributed by atoms with Crippen molar-refractivity contribution >= 4 is 23.4 Å². The second kappa shape index (κ2) is 10.8. The maximum absolute atomic E-state index is 14.1. The lowest BCUT2D eigenvalue weighted by Gasteiger charge is -2.42. The largest absolute Gasteiger partial charge is 0.507 e. The summed E-state index contributed by atoms with van der Waals surface area (Å²) < 4.78 is 5.93. The number of hydrogen-bond donors (Lipinski definition) is 1. The first-order valence-electron chi connectivity index (χ1n) is 15.4. The Hall–Kier alpha value is -4.26. The first-order chi connectivity index (χ1) is 20.8. The number of Topliss-reactive ketones (excluding diaryl/α,β-unsaturated/α-hetero) is 1. The molecule has 7 rings (SSSR count). The topological polar surface area (TPSA) is 101 Å². The predicted molar refractivity (Wildman–Crippen MR) is 159 cm³/mol. The van der Waals surface area contributed by atoms with Crippen molar-refractivity contribution in [2.45, 2.75) is 70.4 Å². The van der Waals surface area contributed by atoms with Crippen molar-refractivity contribution in [1.82, 2.24) is 4.90 Å². The molecular weight excluding hydrogens is 542 g/mol. The summed E-state index contributed by atoms with van der Waals surface area (Å²) in [7, 11) is 0. The van der Waals surface area contributed by atoms with Crippen molar-refractivity contribution < 1.29 is 29.0 Å². The van der Waals surface area contributed by atoms with Gasteiger partial charge in [0, 0.05) is 40.3 Å². The molecule has 1 saturated heterocycles. The number of allylic oxidation sites excluding steroid dienone is 6. The molecule has 0 spiro atoms. The zero-order chi connectivity index (χ0) is 29.8. The number of ketones is 2. The normalized spacial score (nSPS) is 27.4. The molecule has 220 valence electrons. The molecule has 0 bridgehead atoms. The van der Waals surface area contributed by atoms with E-state index in [1.165, 1.54) is 6.08 Å². The molecule has 4 atom stereocenters. The van der Waals surface area contributed by atoms with Gasteiger partial charge < -0.3 is 9.84 Å². The average molecular weight is 578 g/mol. The zero-order valence-corrected chi connectivity index (χ0v) is 24.3. The van der Waals surface area contributed by atoms with Crippen LogP contribution in [0.3, 0.4) is 0 Å². The van der Waals surface area contributed by atoms with E-state index >= 15 is 0 Å². The Kier molecular flexibility index (Phi) is 6.91. The van der Waals surface area contributed by atoms with Gasteiger partial charge in [-0.15, -0.1) is 0 Å². The number of carbonyl (C=O) groups is 4. The number of amides is 2. The van der Waals surface area contributed by atoms with Crippen molar-refractivity contribution in [3.63, 3.8) is 0 Å². The number of phenols is 1. The lowest BCUT2D eigenvalue weighted by molar-refractivity contribution is -0.143.